The minimum Gasteiger partial charge on any atom is -0.337 e. The largest absolute Gasteiger partial charge is 0.337 e. The van der Waals surface area contributed by atoms with Gasteiger partial charge in [-0.15, -0.1) is 24.8 Å². The number of hydrogen-bond acceptors (Lipinski definition) is 3. The molecule has 0 aromatic rings. The van der Waals surface area contributed by atoms with Crippen molar-refractivity contribution in [1.82, 2.24) is 9.80 Å². The molecule has 21 heavy (non-hydrogen) atoms. The van der Waals surface area contributed by atoms with Crippen LogP contribution in [0.2, 0.25) is 0 Å². The lowest BCUT2D eigenvalue weighted by Crippen LogP contribution is -2.54. The molecule has 1 saturated heterocycles. The smallest absolute Gasteiger partial charge is 0.223 e. The third-order valence-corrected chi connectivity index (χ3v) is 5.02. The standard InChI is InChI=1S/C15H29N3O.2ClH/c1-13-11-17(2)8-9-18(13)14(19)10-15(12-16)6-4-3-5-7-15;;/h13H,3-12,16H2,1-2H3;2*1H. The molecule has 1 unspecified atom stereocenters. The van der Waals surface area contributed by atoms with Crippen LogP contribution in [0.1, 0.15) is 45.4 Å². The van der Waals surface area contributed by atoms with Crippen LogP contribution in [0.5, 0.6) is 0 Å². The van der Waals surface area contributed by atoms with Gasteiger partial charge in [-0.1, -0.05) is 19.3 Å². The number of carbonyl (C=O) groups is 1. The van der Waals surface area contributed by atoms with Gasteiger partial charge in [0, 0.05) is 32.1 Å². The van der Waals surface area contributed by atoms with Gasteiger partial charge in [0.05, 0.1) is 0 Å². The molecule has 2 aliphatic rings. The van der Waals surface area contributed by atoms with Crippen LogP contribution in [0.15, 0.2) is 0 Å². The molecule has 1 aliphatic carbocycles. The van der Waals surface area contributed by atoms with Gasteiger partial charge in [-0.25, -0.2) is 0 Å². The summed E-state index contributed by atoms with van der Waals surface area (Å²) in [5, 5.41) is 0. The van der Waals surface area contributed by atoms with Crippen molar-refractivity contribution in [2.24, 2.45) is 11.1 Å². The van der Waals surface area contributed by atoms with Gasteiger partial charge in [0.15, 0.2) is 0 Å². The van der Waals surface area contributed by atoms with Crippen molar-refractivity contribution in [3.8, 4) is 0 Å². The summed E-state index contributed by atoms with van der Waals surface area (Å²) >= 11 is 0. The number of nitrogens with two attached hydrogens (primary N) is 1. The van der Waals surface area contributed by atoms with Crippen molar-refractivity contribution in [3.05, 3.63) is 0 Å². The molecule has 2 N–H and O–H groups in total. The lowest BCUT2D eigenvalue weighted by molar-refractivity contribution is -0.138. The summed E-state index contributed by atoms with van der Waals surface area (Å²) in [6, 6.07) is 0.338. The molecule has 1 heterocycles. The molecule has 6 heteroatoms. The summed E-state index contributed by atoms with van der Waals surface area (Å²) in [6.07, 6.45) is 6.72. The first kappa shape index (κ1) is 21.0. The third-order valence-electron chi connectivity index (χ3n) is 5.02. The number of hydrogen-bond donors (Lipinski definition) is 1. The second-order valence-corrected chi connectivity index (χ2v) is 6.64. The average molecular weight is 340 g/mol. The number of piperazine rings is 1. The average Bonchev–Trinajstić information content (AvgIpc) is 2.39. The van der Waals surface area contributed by atoms with Gasteiger partial charge in [0.1, 0.15) is 0 Å². The summed E-state index contributed by atoms with van der Waals surface area (Å²) in [4.78, 5) is 17.0. The van der Waals surface area contributed by atoms with Crippen LogP contribution in [-0.4, -0.2) is 55.0 Å². The van der Waals surface area contributed by atoms with Crippen molar-refractivity contribution in [1.29, 1.82) is 0 Å². The first-order chi connectivity index (χ1) is 9.06. The molecule has 1 atom stereocenters. The summed E-state index contributed by atoms with van der Waals surface area (Å²) in [6.45, 7) is 5.68. The number of carbonyl (C=O) groups excluding carboxylic acids is 1. The third kappa shape index (κ3) is 5.27. The van der Waals surface area contributed by atoms with Crippen LogP contribution >= 0.6 is 24.8 Å². The van der Waals surface area contributed by atoms with Crippen LogP contribution in [0.4, 0.5) is 0 Å². The maximum Gasteiger partial charge on any atom is 0.223 e. The zero-order valence-corrected chi connectivity index (χ0v) is 15.0. The normalized spacial score (nSPS) is 25.7. The Hall–Kier alpha value is -0.0300. The van der Waals surface area contributed by atoms with E-state index in [0.29, 0.717) is 24.9 Å². The fourth-order valence-corrected chi connectivity index (χ4v) is 3.69. The minimum atomic E-state index is 0. The van der Waals surface area contributed by atoms with Gasteiger partial charge in [-0.05, 0) is 38.8 Å². The lowest BCUT2D eigenvalue weighted by Gasteiger charge is -2.42. The number of amides is 1. The molecular formula is C15H31Cl2N3O. The Labute approximate surface area is 141 Å². The first-order valence-electron chi connectivity index (χ1n) is 7.74. The van der Waals surface area contributed by atoms with Gasteiger partial charge in [-0.3, -0.25) is 4.79 Å². The Morgan fingerprint density at radius 1 is 1.19 bits per heavy atom. The van der Waals surface area contributed by atoms with Crippen LogP contribution in [0.3, 0.4) is 0 Å². The number of likely N-dealkylation sites (N-methyl/N-ethyl adjacent to an activating group) is 1. The molecule has 2 rings (SSSR count). The Morgan fingerprint density at radius 2 is 1.81 bits per heavy atom. The first-order valence-corrected chi connectivity index (χ1v) is 7.74. The lowest BCUT2D eigenvalue weighted by atomic mass is 9.71. The van der Waals surface area contributed by atoms with E-state index >= 15 is 0 Å². The molecule has 1 amide bonds. The van der Waals surface area contributed by atoms with E-state index < -0.39 is 0 Å². The van der Waals surface area contributed by atoms with E-state index in [-0.39, 0.29) is 30.2 Å². The highest BCUT2D eigenvalue weighted by Crippen LogP contribution is 2.39. The number of nitrogens with zero attached hydrogens (tertiary/aromatic N) is 2. The van der Waals surface area contributed by atoms with Crippen molar-refractivity contribution < 1.29 is 4.79 Å². The fraction of sp³-hybridized carbons (Fsp3) is 0.933. The van der Waals surface area contributed by atoms with E-state index in [1.165, 1.54) is 19.3 Å². The van der Waals surface area contributed by atoms with Crippen LogP contribution in [0, 0.1) is 5.41 Å². The zero-order valence-electron chi connectivity index (χ0n) is 13.3. The SMILES string of the molecule is CC1CN(C)CCN1C(=O)CC1(CN)CCCCC1.Cl.Cl. The van der Waals surface area contributed by atoms with E-state index in [2.05, 4.69) is 23.8 Å². The van der Waals surface area contributed by atoms with Crippen molar-refractivity contribution in [2.75, 3.05) is 33.2 Å². The molecule has 1 aliphatic heterocycles. The molecule has 0 aromatic carbocycles. The van der Waals surface area contributed by atoms with E-state index in [4.69, 9.17) is 5.73 Å². The summed E-state index contributed by atoms with van der Waals surface area (Å²) in [5.41, 5.74) is 6.09. The Balaban J connectivity index is 0.00000200. The molecule has 2 fully saturated rings. The molecular weight excluding hydrogens is 309 g/mol. The van der Waals surface area contributed by atoms with E-state index in [1.54, 1.807) is 0 Å². The number of rotatable bonds is 3. The van der Waals surface area contributed by atoms with Gasteiger partial charge in [-0.2, -0.15) is 0 Å². The van der Waals surface area contributed by atoms with Crippen LogP contribution in [-0.2, 0) is 4.79 Å². The van der Waals surface area contributed by atoms with Gasteiger partial charge in [0.25, 0.3) is 0 Å². The van der Waals surface area contributed by atoms with Crippen molar-refractivity contribution >= 4 is 30.7 Å². The molecule has 0 aromatic heterocycles. The number of halogens is 2. The Morgan fingerprint density at radius 3 is 2.33 bits per heavy atom. The molecule has 1 saturated carbocycles. The highest BCUT2D eigenvalue weighted by molar-refractivity contribution is 5.85. The maximum absolute atomic E-state index is 12.6. The van der Waals surface area contributed by atoms with E-state index in [0.717, 1.165) is 32.5 Å². The summed E-state index contributed by atoms with van der Waals surface area (Å²) in [5.74, 6) is 0.327. The predicted octanol–water partition coefficient (Wildman–Crippen LogP) is 2.29. The zero-order chi connectivity index (χ0) is 13.9. The van der Waals surface area contributed by atoms with Crippen molar-refractivity contribution in [3.63, 3.8) is 0 Å². The van der Waals surface area contributed by atoms with Crippen LogP contribution in [0.25, 0.3) is 0 Å². The van der Waals surface area contributed by atoms with Gasteiger partial charge < -0.3 is 15.5 Å². The summed E-state index contributed by atoms with van der Waals surface area (Å²) < 4.78 is 0. The molecule has 0 radical (unpaired) electrons. The second-order valence-electron chi connectivity index (χ2n) is 6.64. The fourth-order valence-electron chi connectivity index (χ4n) is 3.69. The predicted molar refractivity (Wildman–Crippen MR) is 92.4 cm³/mol. The topological polar surface area (TPSA) is 49.6 Å². The highest BCUT2D eigenvalue weighted by Gasteiger charge is 2.36. The molecule has 126 valence electrons. The Kier molecular flexibility index (Phi) is 9.17. The minimum absolute atomic E-state index is 0. The van der Waals surface area contributed by atoms with Crippen molar-refractivity contribution in [2.45, 2.75) is 51.5 Å². The molecule has 0 spiro atoms. The maximum atomic E-state index is 12.6. The highest BCUT2D eigenvalue weighted by atomic mass is 35.5. The van der Waals surface area contributed by atoms with Gasteiger partial charge >= 0.3 is 0 Å². The molecule has 4 nitrogen and oxygen atoms in total. The van der Waals surface area contributed by atoms with E-state index in [1.807, 2.05) is 0 Å². The second kappa shape index (κ2) is 9.19. The quantitative estimate of drug-likeness (QED) is 0.858. The summed E-state index contributed by atoms with van der Waals surface area (Å²) in [7, 11) is 2.13. The monoisotopic (exact) mass is 339 g/mol. The Bertz CT molecular complexity index is 322. The van der Waals surface area contributed by atoms with Gasteiger partial charge in [0.2, 0.25) is 5.91 Å². The van der Waals surface area contributed by atoms with E-state index in [9.17, 15) is 4.79 Å². The molecule has 0 bridgehead atoms. The van der Waals surface area contributed by atoms with Crippen LogP contribution < -0.4 is 5.73 Å².